The predicted octanol–water partition coefficient (Wildman–Crippen LogP) is 2.37. The molecule has 5 nitrogen and oxygen atoms in total. The molecule has 1 aliphatic rings. The van der Waals surface area contributed by atoms with Gasteiger partial charge in [0.25, 0.3) is 0 Å². The average molecular weight is 297 g/mol. The number of aliphatic imine (C=N–C) groups is 1. The van der Waals surface area contributed by atoms with Crippen molar-refractivity contribution in [3.8, 4) is 5.75 Å². The Kier molecular flexibility index (Phi) is 4.78. The molecule has 2 aromatic rings. The summed E-state index contributed by atoms with van der Waals surface area (Å²) in [7, 11) is 0. The van der Waals surface area contributed by atoms with Gasteiger partial charge in [0.15, 0.2) is 0 Å². The number of hydrogen-bond acceptors (Lipinski definition) is 5. The normalized spacial score (nSPS) is 16.2. The number of rotatable bonds is 4. The largest absolute Gasteiger partial charge is 0.507 e. The van der Waals surface area contributed by atoms with Crippen LogP contribution in [0.4, 0.5) is 5.69 Å². The molecule has 0 aliphatic carbocycles. The lowest BCUT2D eigenvalue weighted by atomic mass is 10.1. The maximum absolute atomic E-state index is 10.4. The average Bonchev–Trinajstić information content (AvgIpc) is 2.58. The number of para-hydroxylation sites is 1. The Bertz CT molecular complexity index is 638. The van der Waals surface area contributed by atoms with Crippen molar-refractivity contribution >= 4 is 11.9 Å². The van der Waals surface area contributed by atoms with Crippen LogP contribution in [0.2, 0.25) is 0 Å². The number of phenols is 1. The van der Waals surface area contributed by atoms with Crippen molar-refractivity contribution in [2.75, 3.05) is 26.3 Å². The van der Waals surface area contributed by atoms with Crippen molar-refractivity contribution in [2.45, 2.75) is 6.54 Å². The number of hydrogen-bond donors (Lipinski definition) is 1. The van der Waals surface area contributed by atoms with E-state index in [0.29, 0.717) is 5.75 Å². The molecule has 1 fully saturated rings. The highest BCUT2D eigenvalue weighted by atomic mass is 16.5. The molecule has 3 rings (SSSR count). The minimum Gasteiger partial charge on any atom is -0.507 e. The first kappa shape index (κ1) is 14.7. The molecule has 1 N–H and O–H groups in total. The van der Waals surface area contributed by atoms with Crippen molar-refractivity contribution in [3.05, 3.63) is 53.9 Å². The number of aromatic nitrogens is 1. The number of aromatic hydroxyl groups is 1. The molecule has 0 spiro atoms. The van der Waals surface area contributed by atoms with Gasteiger partial charge in [-0.3, -0.25) is 14.9 Å². The number of phenolic OH excluding ortho intramolecular Hbond substituents is 1. The van der Waals surface area contributed by atoms with Gasteiger partial charge in [-0.25, -0.2) is 0 Å². The van der Waals surface area contributed by atoms with Gasteiger partial charge < -0.3 is 9.84 Å². The molecule has 0 unspecified atom stereocenters. The van der Waals surface area contributed by atoms with Gasteiger partial charge in [-0.05, 0) is 18.2 Å². The molecule has 114 valence electrons. The van der Waals surface area contributed by atoms with E-state index in [2.05, 4.69) is 14.9 Å². The van der Waals surface area contributed by atoms with Gasteiger partial charge in [0.05, 0.1) is 18.9 Å². The smallest absolute Gasteiger partial charge is 0.128 e. The topological polar surface area (TPSA) is 58.0 Å². The summed E-state index contributed by atoms with van der Waals surface area (Å²) in [4.78, 5) is 10.6. The van der Waals surface area contributed by atoms with Gasteiger partial charge >= 0.3 is 0 Å². The lowest BCUT2D eigenvalue weighted by Crippen LogP contribution is -2.35. The summed E-state index contributed by atoms with van der Waals surface area (Å²) in [6, 6.07) is 9.41. The molecule has 0 saturated carbocycles. The molecule has 0 amide bonds. The zero-order valence-electron chi connectivity index (χ0n) is 12.4. The summed E-state index contributed by atoms with van der Waals surface area (Å²) in [5, 5.41) is 10.4. The van der Waals surface area contributed by atoms with Crippen LogP contribution in [0.3, 0.4) is 0 Å². The fraction of sp³-hybridized carbons (Fsp3) is 0.294. The first-order chi connectivity index (χ1) is 10.8. The third-order valence-corrected chi connectivity index (χ3v) is 3.66. The van der Waals surface area contributed by atoms with Crippen LogP contribution in [-0.4, -0.2) is 47.5 Å². The van der Waals surface area contributed by atoms with Crippen molar-refractivity contribution in [1.29, 1.82) is 0 Å². The quantitative estimate of drug-likeness (QED) is 0.880. The predicted molar refractivity (Wildman–Crippen MR) is 85.7 cm³/mol. The fourth-order valence-corrected chi connectivity index (χ4v) is 2.42. The van der Waals surface area contributed by atoms with Crippen LogP contribution in [0.1, 0.15) is 11.1 Å². The number of pyridine rings is 1. The van der Waals surface area contributed by atoms with Gasteiger partial charge in [0.1, 0.15) is 5.75 Å². The van der Waals surface area contributed by atoms with Crippen LogP contribution in [0.5, 0.6) is 5.75 Å². The minimum absolute atomic E-state index is 0.298. The number of ether oxygens (including phenoxy) is 1. The van der Waals surface area contributed by atoms with Crippen LogP contribution >= 0.6 is 0 Å². The second-order valence-corrected chi connectivity index (χ2v) is 5.21. The standard InChI is InChI=1S/C17H19N3O2/c21-17-14(12-19-16-4-6-18-7-5-16)2-1-3-15(17)13-20-8-10-22-11-9-20/h1-7,12,21H,8-11,13H2. The number of benzene rings is 1. The van der Waals surface area contributed by atoms with E-state index in [4.69, 9.17) is 4.74 Å². The highest BCUT2D eigenvalue weighted by molar-refractivity contribution is 5.85. The Morgan fingerprint density at radius 2 is 1.95 bits per heavy atom. The lowest BCUT2D eigenvalue weighted by molar-refractivity contribution is 0.0339. The molecular weight excluding hydrogens is 278 g/mol. The van der Waals surface area contributed by atoms with E-state index in [0.717, 1.165) is 49.7 Å². The van der Waals surface area contributed by atoms with E-state index in [1.165, 1.54) is 0 Å². The summed E-state index contributed by atoms with van der Waals surface area (Å²) in [6.07, 6.45) is 5.08. The van der Waals surface area contributed by atoms with E-state index in [1.54, 1.807) is 18.6 Å². The van der Waals surface area contributed by atoms with Crippen molar-refractivity contribution < 1.29 is 9.84 Å². The second-order valence-electron chi connectivity index (χ2n) is 5.21. The molecule has 1 aliphatic heterocycles. The van der Waals surface area contributed by atoms with E-state index in [1.807, 2.05) is 30.3 Å². The zero-order valence-corrected chi connectivity index (χ0v) is 12.4. The van der Waals surface area contributed by atoms with E-state index >= 15 is 0 Å². The van der Waals surface area contributed by atoms with Crippen molar-refractivity contribution in [2.24, 2.45) is 4.99 Å². The van der Waals surface area contributed by atoms with Crippen LogP contribution < -0.4 is 0 Å². The van der Waals surface area contributed by atoms with E-state index in [9.17, 15) is 5.11 Å². The molecule has 0 atom stereocenters. The van der Waals surface area contributed by atoms with Crippen LogP contribution in [-0.2, 0) is 11.3 Å². The first-order valence-electron chi connectivity index (χ1n) is 7.38. The third kappa shape index (κ3) is 3.69. The van der Waals surface area contributed by atoms with Gasteiger partial charge in [-0.1, -0.05) is 12.1 Å². The zero-order chi connectivity index (χ0) is 15.2. The van der Waals surface area contributed by atoms with Crippen LogP contribution in [0.15, 0.2) is 47.7 Å². The van der Waals surface area contributed by atoms with Gasteiger partial charge in [0.2, 0.25) is 0 Å². The van der Waals surface area contributed by atoms with Crippen molar-refractivity contribution in [3.63, 3.8) is 0 Å². The van der Waals surface area contributed by atoms with Gasteiger partial charge in [-0.15, -0.1) is 0 Å². The highest BCUT2D eigenvalue weighted by Gasteiger charge is 2.13. The summed E-state index contributed by atoms with van der Waals surface area (Å²) >= 11 is 0. The number of morpholine rings is 1. The van der Waals surface area contributed by atoms with Crippen molar-refractivity contribution in [1.82, 2.24) is 9.88 Å². The molecule has 1 aromatic carbocycles. The molecule has 0 radical (unpaired) electrons. The molecule has 1 aromatic heterocycles. The fourth-order valence-electron chi connectivity index (χ4n) is 2.42. The Labute approximate surface area is 129 Å². The van der Waals surface area contributed by atoms with Gasteiger partial charge in [-0.2, -0.15) is 0 Å². The lowest BCUT2D eigenvalue weighted by Gasteiger charge is -2.26. The monoisotopic (exact) mass is 297 g/mol. The van der Waals surface area contributed by atoms with E-state index < -0.39 is 0 Å². The molecule has 1 saturated heterocycles. The maximum Gasteiger partial charge on any atom is 0.128 e. The van der Waals surface area contributed by atoms with Gasteiger partial charge in [0, 0.05) is 49.4 Å². The molecule has 5 heteroatoms. The van der Waals surface area contributed by atoms with Crippen LogP contribution in [0, 0.1) is 0 Å². The Morgan fingerprint density at radius 1 is 1.18 bits per heavy atom. The van der Waals surface area contributed by atoms with E-state index in [-0.39, 0.29) is 0 Å². The second kappa shape index (κ2) is 7.15. The maximum atomic E-state index is 10.4. The summed E-state index contributed by atoms with van der Waals surface area (Å²) < 4.78 is 5.35. The molecule has 2 heterocycles. The first-order valence-corrected chi connectivity index (χ1v) is 7.38. The Hall–Kier alpha value is -2.24. The summed E-state index contributed by atoms with van der Waals surface area (Å²) in [6.45, 7) is 4.03. The SMILES string of the molecule is Oc1c(C=Nc2ccncc2)cccc1CN1CCOCC1. The molecule has 0 bridgehead atoms. The Balaban J connectivity index is 1.75. The Morgan fingerprint density at radius 3 is 2.73 bits per heavy atom. The third-order valence-electron chi connectivity index (χ3n) is 3.66. The minimum atomic E-state index is 0.298. The molecule has 22 heavy (non-hydrogen) atoms. The van der Waals surface area contributed by atoms with Crippen LogP contribution in [0.25, 0.3) is 0 Å². The summed E-state index contributed by atoms with van der Waals surface area (Å²) in [5.74, 6) is 0.298. The summed E-state index contributed by atoms with van der Waals surface area (Å²) in [5.41, 5.74) is 2.45. The highest BCUT2D eigenvalue weighted by Crippen LogP contribution is 2.23. The number of nitrogens with zero attached hydrogens (tertiary/aromatic N) is 3. The molecular formula is C17H19N3O2.